The zero-order chi connectivity index (χ0) is 18.7. The van der Waals surface area contributed by atoms with Crippen LogP contribution in [0, 0.1) is 5.82 Å². The van der Waals surface area contributed by atoms with Crippen LogP contribution >= 0.6 is 22.9 Å². The van der Waals surface area contributed by atoms with E-state index in [9.17, 15) is 17.6 Å². The number of rotatable bonds is 6. The first-order chi connectivity index (χ1) is 12.4. The maximum Gasteiger partial charge on any atom is 0.240 e. The predicted octanol–water partition coefficient (Wildman–Crippen LogP) is 4.25. The fraction of sp³-hybridized carbons (Fsp3) is 0.0556. The highest BCUT2D eigenvalue weighted by Gasteiger charge is 2.17. The number of thiophene rings is 1. The standard InChI is InChI=1S/C18H13ClFNO3S2/c19-15-10-14(7-8-16(15)20)26(23,24)21-11-13-6-9-17(25-13)18(22)12-4-2-1-3-5-12/h1-10,21H,11H2. The Hall–Kier alpha value is -2.06. The normalized spacial score (nSPS) is 11.5. The van der Waals surface area contributed by atoms with Gasteiger partial charge < -0.3 is 0 Å². The number of carbonyl (C=O) groups is 1. The lowest BCUT2D eigenvalue weighted by atomic mass is 10.1. The lowest BCUT2D eigenvalue weighted by Crippen LogP contribution is -2.22. The van der Waals surface area contributed by atoms with Gasteiger partial charge >= 0.3 is 0 Å². The Morgan fingerprint density at radius 3 is 2.50 bits per heavy atom. The highest BCUT2D eigenvalue weighted by molar-refractivity contribution is 7.89. The van der Waals surface area contributed by atoms with Gasteiger partial charge in [-0.1, -0.05) is 41.9 Å². The molecule has 0 saturated heterocycles. The molecule has 0 fully saturated rings. The fourth-order valence-electron chi connectivity index (χ4n) is 2.22. The second-order valence-corrected chi connectivity index (χ2v) is 8.70. The van der Waals surface area contributed by atoms with Crippen LogP contribution in [0.4, 0.5) is 4.39 Å². The van der Waals surface area contributed by atoms with Crippen LogP contribution in [0.2, 0.25) is 5.02 Å². The van der Waals surface area contributed by atoms with Crippen molar-refractivity contribution in [2.45, 2.75) is 11.4 Å². The highest BCUT2D eigenvalue weighted by Crippen LogP contribution is 2.22. The molecule has 8 heteroatoms. The molecule has 0 bridgehead atoms. The van der Waals surface area contributed by atoms with Gasteiger partial charge in [0.1, 0.15) is 5.82 Å². The summed E-state index contributed by atoms with van der Waals surface area (Å²) in [4.78, 5) is 13.5. The third-order valence-corrected chi connectivity index (χ3v) is 6.33. The Balaban J connectivity index is 1.71. The molecule has 2 aromatic carbocycles. The first kappa shape index (κ1) is 18.7. The van der Waals surface area contributed by atoms with E-state index in [2.05, 4.69) is 4.72 Å². The van der Waals surface area contributed by atoms with Crippen LogP contribution in [0.3, 0.4) is 0 Å². The predicted molar refractivity (Wildman–Crippen MR) is 99.6 cm³/mol. The summed E-state index contributed by atoms with van der Waals surface area (Å²) in [5.74, 6) is -0.803. The van der Waals surface area contributed by atoms with Gasteiger partial charge in [0.15, 0.2) is 0 Å². The molecule has 0 atom stereocenters. The van der Waals surface area contributed by atoms with Crippen molar-refractivity contribution in [3.63, 3.8) is 0 Å². The van der Waals surface area contributed by atoms with Crippen molar-refractivity contribution in [2.24, 2.45) is 0 Å². The Labute approximate surface area is 159 Å². The number of nitrogens with one attached hydrogen (secondary N) is 1. The van der Waals surface area contributed by atoms with E-state index in [-0.39, 0.29) is 22.2 Å². The molecule has 0 aliphatic rings. The molecule has 0 unspecified atom stereocenters. The molecule has 3 rings (SSSR count). The summed E-state index contributed by atoms with van der Waals surface area (Å²) < 4.78 is 40.2. The smallest absolute Gasteiger partial charge is 0.240 e. The van der Waals surface area contributed by atoms with Crippen LogP contribution < -0.4 is 4.72 Å². The Morgan fingerprint density at radius 2 is 1.81 bits per heavy atom. The summed E-state index contributed by atoms with van der Waals surface area (Å²) in [5, 5.41) is -0.264. The van der Waals surface area contributed by atoms with E-state index in [0.717, 1.165) is 18.2 Å². The van der Waals surface area contributed by atoms with E-state index in [1.165, 1.54) is 11.3 Å². The van der Waals surface area contributed by atoms with Crippen molar-refractivity contribution in [3.8, 4) is 0 Å². The second kappa shape index (κ2) is 7.67. The van der Waals surface area contributed by atoms with Crippen molar-refractivity contribution in [2.75, 3.05) is 0 Å². The zero-order valence-electron chi connectivity index (χ0n) is 13.3. The molecule has 0 aliphatic heterocycles. The van der Waals surface area contributed by atoms with Crippen molar-refractivity contribution >= 4 is 38.7 Å². The molecule has 0 spiro atoms. The Morgan fingerprint density at radius 1 is 1.08 bits per heavy atom. The quantitative estimate of drug-likeness (QED) is 0.619. The van der Waals surface area contributed by atoms with Gasteiger partial charge in [-0.25, -0.2) is 17.5 Å². The van der Waals surface area contributed by atoms with Crippen LogP contribution in [-0.2, 0) is 16.6 Å². The van der Waals surface area contributed by atoms with Gasteiger partial charge in [-0.3, -0.25) is 4.79 Å². The molecule has 134 valence electrons. The molecule has 0 aliphatic carbocycles. The van der Waals surface area contributed by atoms with Gasteiger partial charge in [-0.2, -0.15) is 0 Å². The minimum Gasteiger partial charge on any atom is -0.288 e. The molecule has 4 nitrogen and oxygen atoms in total. The first-order valence-electron chi connectivity index (χ1n) is 7.50. The molecule has 0 saturated carbocycles. The number of benzene rings is 2. The van der Waals surface area contributed by atoms with Crippen LogP contribution in [0.15, 0.2) is 65.6 Å². The SMILES string of the molecule is O=C(c1ccccc1)c1ccc(CNS(=O)(=O)c2ccc(F)c(Cl)c2)s1. The summed E-state index contributed by atoms with van der Waals surface area (Å²) in [6, 6.07) is 15.4. The van der Waals surface area contributed by atoms with Gasteiger partial charge in [-0.05, 0) is 30.3 Å². The first-order valence-corrected chi connectivity index (χ1v) is 10.2. The summed E-state index contributed by atoms with van der Waals surface area (Å²) >= 11 is 6.85. The summed E-state index contributed by atoms with van der Waals surface area (Å²) in [6.45, 7) is 0.0179. The lowest BCUT2D eigenvalue weighted by molar-refractivity contribution is 0.104. The van der Waals surface area contributed by atoms with Crippen molar-refractivity contribution in [1.29, 1.82) is 0 Å². The van der Waals surface area contributed by atoms with Crippen molar-refractivity contribution in [3.05, 3.63) is 86.8 Å². The Kier molecular flexibility index (Phi) is 5.52. The second-order valence-electron chi connectivity index (χ2n) is 5.36. The average molecular weight is 410 g/mol. The molecule has 1 aromatic heterocycles. The molecular weight excluding hydrogens is 397 g/mol. The molecule has 26 heavy (non-hydrogen) atoms. The monoisotopic (exact) mass is 409 g/mol. The molecular formula is C18H13ClFNO3S2. The largest absolute Gasteiger partial charge is 0.288 e. The molecule has 1 heterocycles. The van der Waals surface area contributed by atoms with E-state index in [4.69, 9.17) is 11.6 Å². The van der Waals surface area contributed by atoms with E-state index in [0.29, 0.717) is 15.3 Å². The lowest BCUT2D eigenvalue weighted by Gasteiger charge is -2.06. The van der Waals surface area contributed by atoms with Gasteiger partial charge in [0.2, 0.25) is 15.8 Å². The van der Waals surface area contributed by atoms with Crippen molar-refractivity contribution < 1.29 is 17.6 Å². The Bertz CT molecular complexity index is 1050. The van der Waals surface area contributed by atoms with Gasteiger partial charge in [0.25, 0.3) is 0 Å². The molecule has 1 N–H and O–H groups in total. The zero-order valence-corrected chi connectivity index (χ0v) is 15.7. The molecule has 3 aromatic rings. The summed E-state index contributed by atoms with van der Waals surface area (Å²) in [6.07, 6.45) is 0. The topological polar surface area (TPSA) is 63.2 Å². The van der Waals surface area contributed by atoms with E-state index in [1.807, 2.05) is 6.07 Å². The van der Waals surface area contributed by atoms with E-state index in [1.54, 1.807) is 36.4 Å². The van der Waals surface area contributed by atoms with Crippen LogP contribution in [0.5, 0.6) is 0 Å². The fourth-order valence-corrected chi connectivity index (χ4v) is 4.50. The van der Waals surface area contributed by atoms with Crippen LogP contribution in [0.25, 0.3) is 0 Å². The van der Waals surface area contributed by atoms with Gasteiger partial charge in [0.05, 0.1) is 14.8 Å². The average Bonchev–Trinajstić information content (AvgIpc) is 3.11. The van der Waals surface area contributed by atoms with Gasteiger partial charge in [-0.15, -0.1) is 11.3 Å². The third-order valence-electron chi connectivity index (χ3n) is 3.56. The minimum absolute atomic E-state index is 0.0179. The maximum absolute atomic E-state index is 13.2. The molecule has 0 amide bonds. The van der Waals surface area contributed by atoms with E-state index >= 15 is 0 Å². The number of hydrogen-bond acceptors (Lipinski definition) is 4. The van der Waals surface area contributed by atoms with Crippen LogP contribution in [0.1, 0.15) is 20.1 Å². The number of ketones is 1. The summed E-state index contributed by atoms with van der Waals surface area (Å²) in [5.41, 5.74) is 0.572. The number of hydrogen-bond donors (Lipinski definition) is 1. The van der Waals surface area contributed by atoms with Crippen LogP contribution in [-0.4, -0.2) is 14.2 Å². The summed E-state index contributed by atoms with van der Waals surface area (Å²) in [7, 11) is -3.84. The van der Waals surface area contributed by atoms with E-state index < -0.39 is 15.8 Å². The third kappa shape index (κ3) is 4.19. The molecule has 0 radical (unpaired) electrons. The highest BCUT2D eigenvalue weighted by atomic mass is 35.5. The number of halogens is 2. The minimum atomic E-state index is -3.84. The van der Waals surface area contributed by atoms with Crippen molar-refractivity contribution in [1.82, 2.24) is 4.72 Å². The number of carbonyl (C=O) groups excluding carboxylic acids is 1. The van der Waals surface area contributed by atoms with Gasteiger partial charge in [0, 0.05) is 17.0 Å². The maximum atomic E-state index is 13.2. The number of sulfonamides is 1.